The van der Waals surface area contributed by atoms with Crippen LogP contribution in [-0.4, -0.2) is 10.4 Å². The van der Waals surface area contributed by atoms with Crippen molar-refractivity contribution in [2.75, 3.05) is 5.33 Å². The van der Waals surface area contributed by atoms with Gasteiger partial charge in [0.2, 0.25) is 0 Å². The van der Waals surface area contributed by atoms with Crippen molar-refractivity contribution in [1.29, 1.82) is 0 Å². The van der Waals surface area contributed by atoms with Gasteiger partial charge in [0.25, 0.3) is 0 Å². The lowest BCUT2D eigenvalue weighted by Crippen LogP contribution is -2.06. The Morgan fingerprint density at radius 3 is 2.52 bits per heavy atom. The summed E-state index contributed by atoms with van der Waals surface area (Å²) in [6.07, 6.45) is 1.40. The third-order valence-corrected chi connectivity index (χ3v) is 4.40. The number of aryl methyl sites for hydroxylation is 1. The molecule has 118 valence electrons. The number of rotatable bonds is 4. The summed E-state index contributed by atoms with van der Waals surface area (Å²) in [6, 6.07) is 13.7. The molecule has 0 spiro atoms. The number of hydrogen-bond donors (Lipinski definition) is 1. The van der Waals surface area contributed by atoms with Crippen molar-refractivity contribution in [2.24, 2.45) is 0 Å². The summed E-state index contributed by atoms with van der Waals surface area (Å²) in [7, 11) is 0. The zero-order valence-corrected chi connectivity index (χ0v) is 14.4. The first-order chi connectivity index (χ1) is 11.2. The fourth-order valence-electron chi connectivity index (χ4n) is 2.78. The van der Waals surface area contributed by atoms with E-state index >= 15 is 0 Å². The van der Waals surface area contributed by atoms with Crippen LogP contribution in [0.2, 0.25) is 0 Å². The van der Waals surface area contributed by atoms with Crippen LogP contribution in [0.25, 0.3) is 22.1 Å². The van der Waals surface area contributed by atoms with Crippen LogP contribution in [0.15, 0.2) is 51.7 Å². The summed E-state index contributed by atoms with van der Waals surface area (Å²) >= 11 is 3.44. The molecule has 0 aliphatic carbocycles. The van der Waals surface area contributed by atoms with E-state index in [4.69, 9.17) is 4.42 Å². The first-order valence-corrected chi connectivity index (χ1v) is 8.70. The van der Waals surface area contributed by atoms with Crippen molar-refractivity contribution in [3.05, 3.63) is 64.0 Å². The molecule has 0 atom stereocenters. The highest BCUT2D eigenvalue weighted by Gasteiger charge is 2.16. The molecule has 1 N–H and O–H groups in total. The summed E-state index contributed by atoms with van der Waals surface area (Å²) < 4.78 is 5.37. The third-order valence-electron chi connectivity index (χ3n) is 4.00. The average Bonchev–Trinajstić information content (AvgIpc) is 2.55. The summed E-state index contributed by atoms with van der Waals surface area (Å²) in [5.41, 5.74) is 3.36. The van der Waals surface area contributed by atoms with Crippen LogP contribution < -0.4 is 5.63 Å². The summed E-state index contributed by atoms with van der Waals surface area (Å²) in [5, 5.41) is 12.1. The van der Waals surface area contributed by atoms with Crippen LogP contribution in [0.1, 0.15) is 18.1 Å². The summed E-state index contributed by atoms with van der Waals surface area (Å²) in [5.74, 6) is 0.0267. The second-order valence-corrected chi connectivity index (χ2v) is 6.18. The highest BCUT2D eigenvalue weighted by atomic mass is 79.9. The van der Waals surface area contributed by atoms with E-state index in [0.717, 1.165) is 22.9 Å². The Morgan fingerprint density at radius 1 is 1.13 bits per heavy atom. The van der Waals surface area contributed by atoms with E-state index in [1.165, 1.54) is 5.56 Å². The molecule has 23 heavy (non-hydrogen) atoms. The van der Waals surface area contributed by atoms with Gasteiger partial charge >= 0.3 is 5.63 Å². The zero-order valence-electron chi connectivity index (χ0n) is 12.8. The van der Waals surface area contributed by atoms with Gasteiger partial charge in [-0.05, 0) is 35.6 Å². The van der Waals surface area contributed by atoms with Gasteiger partial charge in [-0.2, -0.15) is 0 Å². The summed E-state index contributed by atoms with van der Waals surface area (Å²) in [6.45, 7) is 1.83. The van der Waals surface area contributed by atoms with Gasteiger partial charge in [0.05, 0.1) is 10.9 Å². The molecule has 4 heteroatoms. The number of alkyl halides is 1. The molecule has 0 bridgehead atoms. The van der Waals surface area contributed by atoms with Crippen LogP contribution in [0, 0.1) is 0 Å². The second kappa shape index (κ2) is 6.59. The Balaban J connectivity index is 2.23. The van der Waals surface area contributed by atoms with Crippen LogP contribution in [0.3, 0.4) is 0 Å². The first-order valence-electron chi connectivity index (χ1n) is 7.58. The molecule has 0 fully saturated rings. The lowest BCUT2D eigenvalue weighted by molar-refractivity contribution is 0.458. The zero-order chi connectivity index (χ0) is 16.4. The topological polar surface area (TPSA) is 50.4 Å². The van der Waals surface area contributed by atoms with Crippen LogP contribution in [-0.2, 0) is 12.8 Å². The van der Waals surface area contributed by atoms with Crippen molar-refractivity contribution in [3.63, 3.8) is 0 Å². The molecular formula is C19H17BrO3. The predicted octanol–water partition coefficient (Wildman–Crippen LogP) is 4.67. The van der Waals surface area contributed by atoms with E-state index in [1.54, 1.807) is 6.07 Å². The van der Waals surface area contributed by atoms with E-state index in [2.05, 4.69) is 28.1 Å². The molecule has 3 nitrogen and oxygen atoms in total. The van der Waals surface area contributed by atoms with E-state index in [9.17, 15) is 9.90 Å². The van der Waals surface area contributed by atoms with Crippen molar-refractivity contribution in [1.82, 2.24) is 0 Å². The molecule has 0 saturated heterocycles. The summed E-state index contributed by atoms with van der Waals surface area (Å²) in [4.78, 5) is 11.9. The van der Waals surface area contributed by atoms with Crippen molar-refractivity contribution >= 4 is 26.9 Å². The van der Waals surface area contributed by atoms with Crippen LogP contribution in [0.5, 0.6) is 5.75 Å². The molecule has 3 rings (SSSR count). The molecule has 2 aromatic carbocycles. The van der Waals surface area contributed by atoms with Gasteiger partial charge in [0.15, 0.2) is 0 Å². The molecular weight excluding hydrogens is 356 g/mol. The van der Waals surface area contributed by atoms with Gasteiger partial charge in [-0.25, -0.2) is 4.79 Å². The molecule has 1 heterocycles. The molecule has 3 aromatic rings. The van der Waals surface area contributed by atoms with E-state index in [0.29, 0.717) is 23.0 Å². The number of fused-ring (bicyclic) bond motifs is 1. The Morgan fingerprint density at radius 2 is 1.87 bits per heavy atom. The van der Waals surface area contributed by atoms with E-state index in [-0.39, 0.29) is 5.75 Å². The van der Waals surface area contributed by atoms with E-state index < -0.39 is 5.63 Å². The fourth-order valence-corrected chi connectivity index (χ4v) is 3.24. The van der Waals surface area contributed by atoms with Gasteiger partial charge in [-0.3, -0.25) is 0 Å². The Kier molecular flexibility index (Phi) is 4.53. The molecule has 1 aromatic heterocycles. The van der Waals surface area contributed by atoms with Gasteiger partial charge in [-0.15, -0.1) is 0 Å². The standard InChI is InChI=1S/C19H17BrO3/c1-2-14-18(21)17-15(4-3-5-16(17)23-19(14)22)13-8-6-12(7-9-13)10-11-20/h3-9,21H,2,10-11H2,1H3. The van der Waals surface area contributed by atoms with Crippen molar-refractivity contribution in [3.8, 4) is 16.9 Å². The molecule has 0 unspecified atom stereocenters. The predicted molar refractivity (Wildman–Crippen MR) is 96.5 cm³/mol. The first kappa shape index (κ1) is 15.8. The largest absolute Gasteiger partial charge is 0.507 e. The maximum absolute atomic E-state index is 11.9. The monoisotopic (exact) mass is 372 g/mol. The van der Waals surface area contributed by atoms with Gasteiger partial charge < -0.3 is 9.52 Å². The van der Waals surface area contributed by atoms with Gasteiger partial charge in [0.1, 0.15) is 11.3 Å². The highest BCUT2D eigenvalue weighted by molar-refractivity contribution is 9.09. The molecule has 0 aliphatic heterocycles. The lowest BCUT2D eigenvalue weighted by atomic mass is 9.97. The van der Waals surface area contributed by atoms with Crippen molar-refractivity contribution in [2.45, 2.75) is 19.8 Å². The maximum atomic E-state index is 11.9. The highest BCUT2D eigenvalue weighted by Crippen LogP contribution is 2.35. The average molecular weight is 373 g/mol. The van der Waals surface area contributed by atoms with Crippen molar-refractivity contribution < 1.29 is 9.52 Å². The molecule has 0 radical (unpaired) electrons. The quantitative estimate of drug-likeness (QED) is 0.534. The minimum atomic E-state index is -0.470. The minimum Gasteiger partial charge on any atom is -0.507 e. The Labute approximate surface area is 142 Å². The molecule has 0 amide bonds. The smallest absolute Gasteiger partial charge is 0.343 e. The SMILES string of the molecule is CCc1c(O)c2c(-c3ccc(CCBr)cc3)cccc2oc1=O. The maximum Gasteiger partial charge on any atom is 0.343 e. The Bertz CT molecular complexity index is 895. The third kappa shape index (κ3) is 2.91. The molecule has 0 aliphatic rings. The lowest BCUT2D eigenvalue weighted by Gasteiger charge is -2.10. The number of hydrogen-bond acceptors (Lipinski definition) is 3. The normalized spacial score (nSPS) is 11.0. The fraction of sp³-hybridized carbons (Fsp3) is 0.211. The van der Waals surface area contributed by atoms with Gasteiger partial charge in [-0.1, -0.05) is 59.3 Å². The van der Waals surface area contributed by atoms with E-state index in [1.807, 2.05) is 31.2 Å². The van der Waals surface area contributed by atoms with Gasteiger partial charge in [0, 0.05) is 5.33 Å². The number of halogens is 1. The molecule has 0 saturated carbocycles. The van der Waals surface area contributed by atoms with Crippen LogP contribution in [0.4, 0.5) is 0 Å². The second-order valence-electron chi connectivity index (χ2n) is 5.38. The van der Waals surface area contributed by atoms with Crippen LogP contribution >= 0.6 is 15.9 Å². The Hall–Kier alpha value is -2.07. The number of benzene rings is 2. The number of aromatic hydroxyl groups is 1. The minimum absolute atomic E-state index is 0.0267.